The normalized spacial score (nSPS) is 9.88. The molecule has 16 heavy (non-hydrogen) atoms. The van der Waals surface area contributed by atoms with Crippen molar-refractivity contribution in [1.82, 2.24) is 4.90 Å². The van der Waals surface area contributed by atoms with Crippen LogP contribution in [0, 0.1) is 6.92 Å². The number of carboxylic acids is 1. The van der Waals surface area contributed by atoms with Crippen molar-refractivity contribution in [2.24, 2.45) is 0 Å². The minimum atomic E-state index is -1.08. The lowest BCUT2D eigenvalue weighted by atomic mass is 10.1. The maximum absolute atomic E-state index is 11.8. The van der Waals surface area contributed by atoms with Crippen molar-refractivity contribution in [2.45, 2.75) is 6.92 Å². The van der Waals surface area contributed by atoms with Crippen LogP contribution in [0.4, 0.5) is 0 Å². The summed E-state index contributed by atoms with van der Waals surface area (Å²) in [6.45, 7) is 1.24. The predicted molar refractivity (Wildman–Crippen MR) is 57.4 cm³/mol. The summed E-state index contributed by atoms with van der Waals surface area (Å²) in [6, 6.07) is 4.57. The largest absolute Gasteiger partial charge is 0.508 e. The number of rotatable bonds is 3. The lowest BCUT2D eigenvalue weighted by Gasteiger charge is -2.16. The van der Waals surface area contributed by atoms with Crippen LogP contribution in [-0.2, 0) is 4.79 Å². The molecule has 0 heterocycles. The highest BCUT2D eigenvalue weighted by atomic mass is 16.4. The zero-order valence-corrected chi connectivity index (χ0v) is 9.10. The number of hydrogen-bond donors (Lipinski definition) is 2. The minimum absolute atomic E-state index is 0.0228. The average molecular weight is 223 g/mol. The number of carboxylic acid groups (broad SMARTS) is 1. The fraction of sp³-hybridized carbons (Fsp3) is 0.273. The van der Waals surface area contributed by atoms with Crippen LogP contribution in [0.3, 0.4) is 0 Å². The number of likely N-dealkylation sites (N-methyl/N-ethyl adjacent to an activating group) is 1. The number of phenolic OH excluding ortho intramolecular Hbond substituents is 1. The number of amides is 1. The average Bonchev–Trinajstić information content (AvgIpc) is 2.20. The van der Waals surface area contributed by atoms with Gasteiger partial charge < -0.3 is 15.1 Å². The predicted octanol–water partition coefficient (Wildman–Crippen LogP) is 0.857. The summed E-state index contributed by atoms with van der Waals surface area (Å²) in [5.41, 5.74) is 0.758. The number of aliphatic carboxylic acids is 1. The van der Waals surface area contributed by atoms with Crippen LogP contribution in [0.25, 0.3) is 0 Å². The van der Waals surface area contributed by atoms with Gasteiger partial charge in [-0.3, -0.25) is 9.59 Å². The van der Waals surface area contributed by atoms with Crippen molar-refractivity contribution in [3.05, 3.63) is 29.3 Å². The van der Waals surface area contributed by atoms with Gasteiger partial charge in [0.2, 0.25) is 0 Å². The Morgan fingerprint density at radius 2 is 2.00 bits per heavy atom. The first kappa shape index (κ1) is 12.0. The fourth-order valence-electron chi connectivity index (χ4n) is 1.34. The molecule has 5 heteroatoms. The smallest absolute Gasteiger partial charge is 0.323 e. The summed E-state index contributed by atoms with van der Waals surface area (Å²) in [6.07, 6.45) is 0. The third-order valence-electron chi connectivity index (χ3n) is 2.25. The Bertz CT molecular complexity index is 428. The molecule has 5 nitrogen and oxygen atoms in total. The van der Waals surface area contributed by atoms with Gasteiger partial charge in [-0.2, -0.15) is 0 Å². The number of carbonyl (C=O) groups excluding carboxylic acids is 1. The molecule has 0 bridgehead atoms. The van der Waals surface area contributed by atoms with E-state index in [0.717, 1.165) is 4.90 Å². The van der Waals surface area contributed by atoms with Crippen LogP contribution >= 0.6 is 0 Å². The molecule has 0 aliphatic heterocycles. The number of benzene rings is 1. The molecule has 1 aromatic rings. The first-order valence-electron chi connectivity index (χ1n) is 4.69. The Kier molecular flexibility index (Phi) is 3.50. The molecule has 1 aromatic carbocycles. The Morgan fingerprint density at radius 1 is 1.38 bits per heavy atom. The van der Waals surface area contributed by atoms with E-state index in [9.17, 15) is 14.7 Å². The zero-order chi connectivity index (χ0) is 12.3. The summed E-state index contributed by atoms with van der Waals surface area (Å²) < 4.78 is 0. The van der Waals surface area contributed by atoms with Gasteiger partial charge in [-0.15, -0.1) is 0 Å². The van der Waals surface area contributed by atoms with E-state index < -0.39 is 11.9 Å². The van der Waals surface area contributed by atoms with Crippen LogP contribution in [0.1, 0.15) is 15.9 Å². The van der Waals surface area contributed by atoms with Crippen molar-refractivity contribution < 1.29 is 19.8 Å². The molecule has 0 radical (unpaired) electrons. The number of nitrogens with zero attached hydrogens (tertiary/aromatic N) is 1. The van der Waals surface area contributed by atoms with Crippen LogP contribution < -0.4 is 0 Å². The van der Waals surface area contributed by atoms with Crippen LogP contribution in [-0.4, -0.2) is 40.6 Å². The molecule has 0 aliphatic carbocycles. The molecule has 0 fully saturated rings. The summed E-state index contributed by atoms with van der Waals surface area (Å²) in [5, 5.41) is 18.0. The van der Waals surface area contributed by atoms with Crippen molar-refractivity contribution >= 4 is 11.9 Å². The van der Waals surface area contributed by atoms with Gasteiger partial charge in [-0.05, 0) is 19.1 Å². The van der Waals surface area contributed by atoms with E-state index in [1.807, 2.05) is 0 Å². The van der Waals surface area contributed by atoms with Crippen LogP contribution in [0.15, 0.2) is 18.2 Å². The van der Waals surface area contributed by atoms with Gasteiger partial charge in [0, 0.05) is 18.2 Å². The van der Waals surface area contributed by atoms with E-state index in [1.165, 1.54) is 13.1 Å². The second-order valence-electron chi connectivity index (χ2n) is 3.50. The molecule has 0 spiro atoms. The zero-order valence-electron chi connectivity index (χ0n) is 9.10. The molecular weight excluding hydrogens is 210 g/mol. The van der Waals surface area contributed by atoms with Gasteiger partial charge in [-0.25, -0.2) is 0 Å². The molecular formula is C11H13NO4. The maximum Gasteiger partial charge on any atom is 0.323 e. The lowest BCUT2D eigenvalue weighted by molar-refractivity contribution is -0.137. The molecule has 0 unspecified atom stereocenters. The molecule has 1 rings (SSSR count). The SMILES string of the molecule is Cc1c(O)cccc1C(=O)N(C)CC(=O)O. The first-order valence-corrected chi connectivity index (χ1v) is 4.69. The molecule has 1 amide bonds. The first-order chi connectivity index (χ1) is 7.43. The second kappa shape index (κ2) is 4.65. The highest BCUT2D eigenvalue weighted by Gasteiger charge is 2.17. The quantitative estimate of drug-likeness (QED) is 0.796. The minimum Gasteiger partial charge on any atom is -0.508 e. The van der Waals surface area contributed by atoms with Gasteiger partial charge >= 0.3 is 5.97 Å². The van der Waals surface area contributed by atoms with E-state index in [4.69, 9.17) is 5.11 Å². The molecule has 86 valence electrons. The molecule has 0 saturated carbocycles. The highest BCUT2D eigenvalue weighted by molar-refractivity contribution is 5.97. The van der Waals surface area contributed by atoms with Gasteiger partial charge in [0.05, 0.1) is 0 Å². The second-order valence-corrected chi connectivity index (χ2v) is 3.50. The number of phenols is 1. The number of hydrogen-bond acceptors (Lipinski definition) is 3. The molecule has 2 N–H and O–H groups in total. The number of aromatic hydroxyl groups is 1. The topological polar surface area (TPSA) is 77.8 Å². The summed E-state index contributed by atoms with van der Waals surface area (Å²) in [5.74, 6) is -1.47. The van der Waals surface area contributed by atoms with Crippen LogP contribution in [0.2, 0.25) is 0 Å². The van der Waals surface area contributed by atoms with Gasteiger partial charge in [0.15, 0.2) is 0 Å². The van der Waals surface area contributed by atoms with E-state index in [0.29, 0.717) is 11.1 Å². The summed E-state index contributed by atoms with van der Waals surface area (Å²) >= 11 is 0. The molecule has 0 saturated heterocycles. The van der Waals surface area contributed by atoms with Gasteiger partial charge in [0.1, 0.15) is 12.3 Å². The lowest BCUT2D eigenvalue weighted by Crippen LogP contribution is -2.32. The Balaban J connectivity index is 2.96. The van der Waals surface area contributed by atoms with Gasteiger partial charge in [0.25, 0.3) is 5.91 Å². The van der Waals surface area contributed by atoms with Crippen molar-refractivity contribution in [1.29, 1.82) is 0 Å². The molecule has 0 aromatic heterocycles. The Labute approximate surface area is 92.9 Å². The Hall–Kier alpha value is -2.04. The van der Waals surface area contributed by atoms with Gasteiger partial charge in [-0.1, -0.05) is 6.07 Å². The fourth-order valence-corrected chi connectivity index (χ4v) is 1.34. The molecule has 0 atom stereocenters. The summed E-state index contributed by atoms with van der Waals surface area (Å²) in [4.78, 5) is 23.3. The van der Waals surface area contributed by atoms with Crippen LogP contribution in [0.5, 0.6) is 5.75 Å². The highest BCUT2D eigenvalue weighted by Crippen LogP contribution is 2.20. The molecule has 0 aliphatic rings. The van der Waals surface area contributed by atoms with E-state index in [1.54, 1.807) is 19.1 Å². The Morgan fingerprint density at radius 3 is 2.56 bits per heavy atom. The van der Waals surface area contributed by atoms with E-state index in [-0.39, 0.29) is 12.3 Å². The standard InChI is InChI=1S/C11H13NO4/c1-7-8(4-3-5-9(7)13)11(16)12(2)6-10(14)15/h3-5,13H,6H2,1-2H3,(H,14,15). The summed E-state index contributed by atoms with van der Waals surface area (Å²) in [7, 11) is 1.40. The number of carbonyl (C=O) groups is 2. The van der Waals surface area contributed by atoms with Crippen molar-refractivity contribution in [2.75, 3.05) is 13.6 Å². The van der Waals surface area contributed by atoms with Crippen molar-refractivity contribution in [3.63, 3.8) is 0 Å². The van der Waals surface area contributed by atoms with E-state index >= 15 is 0 Å². The van der Waals surface area contributed by atoms with Crippen molar-refractivity contribution in [3.8, 4) is 5.75 Å². The maximum atomic E-state index is 11.8. The third-order valence-corrected chi connectivity index (χ3v) is 2.25. The van der Waals surface area contributed by atoms with E-state index in [2.05, 4.69) is 0 Å². The monoisotopic (exact) mass is 223 g/mol. The third kappa shape index (κ3) is 2.50.